The Labute approximate surface area is 110 Å². The van der Waals surface area contributed by atoms with Gasteiger partial charge in [0.1, 0.15) is 5.82 Å². The number of nitrogens with zero attached hydrogens (tertiary/aromatic N) is 2. The van der Waals surface area contributed by atoms with Crippen LogP contribution in [0.15, 0.2) is 18.2 Å². The number of anilines is 1. The zero-order valence-corrected chi connectivity index (χ0v) is 10.9. The number of rotatable bonds is 3. The topological polar surface area (TPSA) is 70.7 Å². The Morgan fingerprint density at radius 3 is 2.89 bits per heavy atom. The number of hydrogen-bond acceptors (Lipinski definition) is 3. The van der Waals surface area contributed by atoms with E-state index in [0.29, 0.717) is 23.0 Å². The molecule has 1 aromatic heterocycles. The number of aromatic amines is 1. The van der Waals surface area contributed by atoms with Crippen molar-refractivity contribution in [3.05, 3.63) is 40.4 Å². The highest BCUT2D eigenvalue weighted by molar-refractivity contribution is 6.34. The van der Waals surface area contributed by atoms with Gasteiger partial charge in [-0.15, -0.1) is 5.10 Å². The van der Waals surface area contributed by atoms with Gasteiger partial charge in [0.2, 0.25) is 5.82 Å². The van der Waals surface area contributed by atoms with Crippen LogP contribution >= 0.6 is 11.6 Å². The van der Waals surface area contributed by atoms with Crippen LogP contribution in [0.1, 0.15) is 28.9 Å². The average molecular weight is 265 g/mol. The molecular formula is C12H13ClN4O. The Bertz CT molecular complexity index is 559. The Kier molecular flexibility index (Phi) is 3.62. The van der Waals surface area contributed by atoms with Crippen LogP contribution in [-0.4, -0.2) is 21.1 Å². The van der Waals surface area contributed by atoms with Crippen molar-refractivity contribution in [3.63, 3.8) is 0 Å². The molecule has 0 saturated carbocycles. The van der Waals surface area contributed by atoms with E-state index in [-0.39, 0.29) is 11.7 Å². The molecule has 2 rings (SSSR count). The standard InChI is InChI=1S/C12H13ClN4O/c1-3-9-14-11(17-16-9)12(18)15-10-7(2)5-4-6-8(10)13/h4-6H,3H2,1-2H3,(H,15,18)(H,14,16,17). The molecule has 0 aliphatic carbocycles. The van der Waals surface area contributed by atoms with Gasteiger partial charge in [-0.3, -0.25) is 9.89 Å². The second-order valence-corrected chi connectivity index (χ2v) is 4.25. The first-order valence-corrected chi connectivity index (χ1v) is 5.97. The number of amides is 1. The normalized spacial score (nSPS) is 10.4. The quantitative estimate of drug-likeness (QED) is 0.895. The van der Waals surface area contributed by atoms with Gasteiger partial charge in [-0.1, -0.05) is 30.7 Å². The van der Waals surface area contributed by atoms with Gasteiger partial charge >= 0.3 is 0 Å². The number of nitrogens with one attached hydrogen (secondary N) is 2. The Morgan fingerprint density at radius 2 is 2.28 bits per heavy atom. The molecule has 2 aromatic rings. The predicted molar refractivity (Wildman–Crippen MR) is 69.9 cm³/mol. The first kappa shape index (κ1) is 12.6. The number of halogens is 1. The maximum atomic E-state index is 11.9. The van der Waals surface area contributed by atoms with Crippen LogP contribution in [0.25, 0.3) is 0 Å². The fraction of sp³-hybridized carbons (Fsp3) is 0.250. The smallest absolute Gasteiger partial charge is 0.295 e. The summed E-state index contributed by atoms with van der Waals surface area (Å²) in [6.45, 7) is 3.80. The zero-order valence-electron chi connectivity index (χ0n) is 10.1. The van der Waals surface area contributed by atoms with Crippen LogP contribution in [-0.2, 0) is 6.42 Å². The van der Waals surface area contributed by atoms with Gasteiger partial charge in [0.05, 0.1) is 10.7 Å². The van der Waals surface area contributed by atoms with Gasteiger partial charge < -0.3 is 5.32 Å². The van der Waals surface area contributed by atoms with E-state index in [1.807, 2.05) is 26.0 Å². The van der Waals surface area contributed by atoms with Crippen molar-refractivity contribution in [1.29, 1.82) is 0 Å². The Balaban J connectivity index is 2.21. The molecule has 1 aromatic carbocycles. The molecule has 18 heavy (non-hydrogen) atoms. The minimum atomic E-state index is -0.373. The van der Waals surface area contributed by atoms with Crippen molar-refractivity contribution >= 4 is 23.2 Å². The number of para-hydroxylation sites is 1. The van der Waals surface area contributed by atoms with Gasteiger partial charge in [-0.2, -0.15) is 0 Å². The third-order valence-corrected chi connectivity index (χ3v) is 2.85. The van der Waals surface area contributed by atoms with Gasteiger partial charge in [0.25, 0.3) is 5.91 Å². The molecule has 0 aliphatic heterocycles. The molecule has 0 aliphatic rings. The van der Waals surface area contributed by atoms with E-state index in [0.717, 1.165) is 5.56 Å². The third kappa shape index (κ3) is 2.51. The van der Waals surface area contributed by atoms with Crippen molar-refractivity contribution in [2.75, 3.05) is 5.32 Å². The summed E-state index contributed by atoms with van der Waals surface area (Å²) in [4.78, 5) is 16.0. The van der Waals surface area contributed by atoms with Gasteiger partial charge in [0.15, 0.2) is 0 Å². The lowest BCUT2D eigenvalue weighted by Crippen LogP contribution is -2.15. The maximum absolute atomic E-state index is 11.9. The summed E-state index contributed by atoms with van der Waals surface area (Å²) in [6.07, 6.45) is 0.700. The lowest BCUT2D eigenvalue weighted by Gasteiger charge is -2.08. The van der Waals surface area contributed by atoms with Crippen LogP contribution in [0.3, 0.4) is 0 Å². The molecule has 0 fully saturated rings. The first-order valence-electron chi connectivity index (χ1n) is 5.59. The molecule has 2 N–H and O–H groups in total. The summed E-state index contributed by atoms with van der Waals surface area (Å²) in [5, 5.41) is 9.76. The molecule has 0 unspecified atom stereocenters. The molecule has 1 heterocycles. The number of aryl methyl sites for hydroxylation is 2. The van der Waals surface area contributed by atoms with E-state index in [4.69, 9.17) is 11.6 Å². The van der Waals surface area contributed by atoms with Crippen LogP contribution in [0, 0.1) is 6.92 Å². The zero-order chi connectivity index (χ0) is 13.1. The molecule has 5 nitrogen and oxygen atoms in total. The van der Waals surface area contributed by atoms with Crippen LogP contribution in [0.2, 0.25) is 5.02 Å². The lowest BCUT2D eigenvalue weighted by atomic mass is 10.2. The number of H-pyrrole nitrogens is 1. The van der Waals surface area contributed by atoms with Crippen LogP contribution in [0.4, 0.5) is 5.69 Å². The fourth-order valence-electron chi connectivity index (χ4n) is 1.51. The van der Waals surface area contributed by atoms with E-state index in [1.165, 1.54) is 0 Å². The summed E-state index contributed by atoms with van der Waals surface area (Å²) in [6, 6.07) is 5.42. The molecule has 1 amide bonds. The van der Waals surface area contributed by atoms with E-state index in [9.17, 15) is 4.79 Å². The molecule has 0 atom stereocenters. The highest BCUT2D eigenvalue weighted by atomic mass is 35.5. The lowest BCUT2D eigenvalue weighted by molar-refractivity contribution is 0.101. The van der Waals surface area contributed by atoms with E-state index in [2.05, 4.69) is 20.5 Å². The van der Waals surface area contributed by atoms with E-state index < -0.39 is 0 Å². The SMILES string of the molecule is CCc1nc(C(=O)Nc2c(C)cccc2Cl)n[nH]1. The summed E-state index contributed by atoms with van der Waals surface area (Å²) in [5.74, 6) is 0.421. The molecule has 0 radical (unpaired) electrons. The van der Waals surface area contributed by atoms with Crippen molar-refractivity contribution in [2.24, 2.45) is 0 Å². The van der Waals surface area contributed by atoms with Crippen molar-refractivity contribution < 1.29 is 4.79 Å². The average Bonchev–Trinajstić information content (AvgIpc) is 2.82. The number of carbonyl (C=O) groups excluding carboxylic acids is 1. The van der Waals surface area contributed by atoms with Gasteiger partial charge in [0, 0.05) is 6.42 Å². The van der Waals surface area contributed by atoms with E-state index in [1.54, 1.807) is 6.07 Å². The van der Waals surface area contributed by atoms with E-state index >= 15 is 0 Å². The summed E-state index contributed by atoms with van der Waals surface area (Å²) in [5.41, 5.74) is 1.48. The molecule has 94 valence electrons. The van der Waals surface area contributed by atoms with Crippen molar-refractivity contribution in [1.82, 2.24) is 15.2 Å². The van der Waals surface area contributed by atoms with Gasteiger partial charge in [-0.25, -0.2) is 4.98 Å². The molecule has 0 saturated heterocycles. The fourth-order valence-corrected chi connectivity index (χ4v) is 1.78. The minimum Gasteiger partial charge on any atom is -0.318 e. The summed E-state index contributed by atoms with van der Waals surface area (Å²) in [7, 11) is 0. The second-order valence-electron chi connectivity index (χ2n) is 3.85. The molecule has 0 bridgehead atoms. The maximum Gasteiger partial charge on any atom is 0.295 e. The number of benzene rings is 1. The second kappa shape index (κ2) is 5.18. The number of aromatic nitrogens is 3. The number of carbonyl (C=O) groups is 1. The highest BCUT2D eigenvalue weighted by Crippen LogP contribution is 2.25. The monoisotopic (exact) mass is 264 g/mol. The van der Waals surface area contributed by atoms with Crippen LogP contribution in [0.5, 0.6) is 0 Å². The van der Waals surface area contributed by atoms with Gasteiger partial charge in [-0.05, 0) is 18.6 Å². The van der Waals surface area contributed by atoms with Crippen molar-refractivity contribution in [2.45, 2.75) is 20.3 Å². The minimum absolute atomic E-state index is 0.117. The molecule has 0 spiro atoms. The Morgan fingerprint density at radius 1 is 1.50 bits per heavy atom. The summed E-state index contributed by atoms with van der Waals surface area (Å²) >= 11 is 6.03. The highest BCUT2D eigenvalue weighted by Gasteiger charge is 2.14. The van der Waals surface area contributed by atoms with Crippen LogP contribution < -0.4 is 5.32 Å². The van der Waals surface area contributed by atoms with Crippen molar-refractivity contribution in [3.8, 4) is 0 Å². The third-order valence-electron chi connectivity index (χ3n) is 2.53. The summed E-state index contributed by atoms with van der Waals surface area (Å²) < 4.78 is 0. The predicted octanol–water partition coefficient (Wildman–Crippen LogP) is 2.58. The largest absolute Gasteiger partial charge is 0.318 e. The molecule has 6 heteroatoms. The first-order chi connectivity index (χ1) is 8.61. The number of hydrogen-bond donors (Lipinski definition) is 2. The molecular weight excluding hydrogens is 252 g/mol. The Hall–Kier alpha value is -1.88.